The normalized spacial score (nSPS) is 22.7. The number of carbonyl (C=O) groups excluding carboxylic acids is 1. The number of rotatable bonds is 7. The molecule has 0 saturated carbocycles. The molecule has 2 aliphatic rings. The number of hydrogen-bond donors (Lipinski definition) is 2. The maximum atomic E-state index is 12.1. The number of amides is 1. The Balaban J connectivity index is 1.67. The van der Waals surface area contributed by atoms with Crippen LogP contribution in [-0.2, 0) is 4.79 Å². The average molecular weight is 338 g/mol. The molecule has 0 aliphatic carbocycles. The summed E-state index contributed by atoms with van der Waals surface area (Å²) >= 11 is 0. The second-order valence-electron chi connectivity index (χ2n) is 6.94. The predicted molar refractivity (Wildman–Crippen MR) is 99.3 cm³/mol. The van der Waals surface area contributed by atoms with Crippen molar-refractivity contribution in [3.8, 4) is 0 Å². The van der Waals surface area contributed by atoms with E-state index in [0.29, 0.717) is 0 Å². The van der Waals surface area contributed by atoms with Gasteiger partial charge in [0.1, 0.15) is 6.54 Å². The number of guanidine groups is 1. The van der Waals surface area contributed by atoms with Gasteiger partial charge in [-0.1, -0.05) is 6.42 Å². The van der Waals surface area contributed by atoms with Crippen LogP contribution in [0.3, 0.4) is 0 Å². The highest BCUT2D eigenvalue weighted by Crippen LogP contribution is 2.16. The van der Waals surface area contributed by atoms with E-state index >= 15 is 0 Å². The molecule has 6 nitrogen and oxygen atoms in total. The summed E-state index contributed by atoms with van der Waals surface area (Å²) in [6.45, 7) is 10.5. The molecule has 1 unspecified atom stereocenters. The van der Waals surface area contributed by atoms with Crippen LogP contribution in [0.5, 0.6) is 0 Å². The Hall–Kier alpha value is -1.30. The Morgan fingerprint density at radius 2 is 1.88 bits per heavy atom. The number of carbonyl (C=O) groups is 1. The molecule has 0 aromatic rings. The molecule has 2 N–H and O–H groups in total. The third kappa shape index (κ3) is 6.30. The van der Waals surface area contributed by atoms with E-state index in [4.69, 9.17) is 0 Å². The molecule has 0 radical (unpaired) electrons. The van der Waals surface area contributed by atoms with Crippen LogP contribution in [0.4, 0.5) is 0 Å². The lowest BCUT2D eigenvalue weighted by Gasteiger charge is -2.33. The van der Waals surface area contributed by atoms with Crippen molar-refractivity contribution in [2.75, 3.05) is 45.8 Å². The molecule has 2 saturated heterocycles. The minimum Gasteiger partial charge on any atom is -0.357 e. The standard InChI is InChI=1S/C18H35N5O/c1-3-19-18(21-15-17(24)23-12-6-7-13-23)20-10-8-14-22-11-5-4-9-16(22)2/h16H,3-15H2,1-2H3,(H2,19,20,21). The zero-order valence-corrected chi connectivity index (χ0v) is 15.5. The van der Waals surface area contributed by atoms with Crippen LogP contribution in [0.15, 0.2) is 4.99 Å². The highest BCUT2D eigenvalue weighted by Gasteiger charge is 2.18. The third-order valence-corrected chi connectivity index (χ3v) is 5.03. The van der Waals surface area contributed by atoms with Gasteiger partial charge in [-0.3, -0.25) is 4.79 Å². The quantitative estimate of drug-likeness (QED) is 0.419. The van der Waals surface area contributed by atoms with Crippen molar-refractivity contribution in [2.24, 2.45) is 4.99 Å². The molecule has 138 valence electrons. The molecule has 0 aromatic heterocycles. The molecule has 0 spiro atoms. The van der Waals surface area contributed by atoms with Crippen molar-refractivity contribution in [1.29, 1.82) is 0 Å². The first kappa shape index (κ1) is 19.0. The van der Waals surface area contributed by atoms with Gasteiger partial charge in [-0.15, -0.1) is 0 Å². The number of nitrogens with zero attached hydrogens (tertiary/aromatic N) is 3. The Bertz CT molecular complexity index is 406. The van der Waals surface area contributed by atoms with Gasteiger partial charge in [-0.2, -0.15) is 0 Å². The van der Waals surface area contributed by atoms with E-state index in [1.54, 1.807) is 0 Å². The zero-order chi connectivity index (χ0) is 17.2. The van der Waals surface area contributed by atoms with Gasteiger partial charge in [0, 0.05) is 38.8 Å². The molecule has 24 heavy (non-hydrogen) atoms. The second kappa shape index (κ2) is 10.5. The van der Waals surface area contributed by atoms with Crippen molar-refractivity contribution in [3.05, 3.63) is 0 Å². The van der Waals surface area contributed by atoms with Crippen molar-refractivity contribution in [1.82, 2.24) is 20.4 Å². The van der Waals surface area contributed by atoms with Gasteiger partial charge >= 0.3 is 0 Å². The van der Waals surface area contributed by atoms with Crippen LogP contribution in [0.1, 0.15) is 52.4 Å². The molecule has 2 fully saturated rings. The van der Waals surface area contributed by atoms with E-state index in [1.807, 2.05) is 4.90 Å². The lowest BCUT2D eigenvalue weighted by atomic mass is 10.0. The fourth-order valence-corrected chi connectivity index (χ4v) is 3.53. The fraction of sp³-hybridized carbons (Fsp3) is 0.889. The topological polar surface area (TPSA) is 60.0 Å². The molecule has 0 aromatic carbocycles. The molecule has 2 heterocycles. The lowest BCUT2D eigenvalue weighted by Crippen LogP contribution is -2.42. The summed E-state index contributed by atoms with van der Waals surface area (Å²) in [6.07, 6.45) is 7.40. The Kier molecular flexibility index (Phi) is 8.36. The predicted octanol–water partition coefficient (Wildman–Crippen LogP) is 1.43. The summed E-state index contributed by atoms with van der Waals surface area (Å²) in [5.41, 5.74) is 0. The summed E-state index contributed by atoms with van der Waals surface area (Å²) in [5.74, 6) is 0.906. The van der Waals surface area contributed by atoms with Crippen molar-refractivity contribution in [2.45, 2.75) is 58.4 Å². The van der Waals surface area contributed by atoms with E-state index < -0.39 is 0 Å². The third-order valence-electron chi connectivity index (χ3n) is 5.03. The van der Waals surface area contributed by atoms with E-state index in [-0.39, 0.29) is 12.5 Å². The number of piperidine rings is 1. The minimum absolute atomic E-state index is 0.145. The van der Waals surface area contributed by atoms with E-state index in [2.05, 4.69) is 34.4 Å². The Labute approximate surface area is 147 Å². The van der Waals surface area contributed by atoms with Crippen LogP contribution in [0.25, 0.3) is 0 Å². The van der Waals surface area contributed by atoms with E-state index in [1.165, 1.54) is 25.8 Å². The van der Waals surface area contributed by atoms with Crippen molar-refractivity contribution < 1.29 is 4.79 Å². The van der Waals surface area contributed by atoms with Crippen LogP contribution in [-0.4, -0.2) is 73.5 Å². The van der Waals surface area contributed by atoms with Gasteiger partial charge < -0.3 is 20.4 Å². The first-order valence-electron chi connectivity index (χ1n) is 9.74. The summed E-state index contributed by atoms with van der Waals surface area (Å²) in [7, 11) is 0. The SMILES string of the molecule is CCNC(=NCC(=O)N1CCCC1)NCCCN1CCCCC1C. The van der Waals surface area contributed by atoms with Crippen LogP contribution >= 0.6 is 0 Å². The number of likely N-dealkylation sites (tertiary alicyclic amines) is 2. The molecule has 1 atom stereocenters. The largest absolute Gasteiger partial charge is 0.357 e. The molecule has 0 bridgehead atoms. The minimum atomic E-state index is 0.145. The Morgan fingerprint density at radius 3 is 2.58 bits per heavy atom. The number of nitrogens with one attached hydrogen (secondary N) is 2. The molecule has 2 aliphatic heterocycles. The van der Waals surface area contributed by atoms with E-state index in [0.717, 1.165) is 64.0 Å². The molecular weight excluding hydrogens is 302 g/mol. The maximum absolute atomic E-state index is 12.1. The van der Waals surface area contributed by atoms with Gasteiger partial charge in [-0.25, -0.2) is 4.99 Å². The average Bonchev–Trinajstić information content (AvgIpc) is 3.12. The summed E-state index contributed by atoms with van der Waals surface area (Å²) in [4.78, 5) is 21.0. The lowest BCUT2D eigenvalue weighted by molar-refractivity contribution is -0.128. The molecular formula is C18H35N5O. The summed E-state index contributed by atoms with van der Waals surface area (Å²) in [6, 6.07) is 0.721. The number of hydrogen-bond acceptors (Lipinski definition) is 3. The summed E-state index contributed by atoms with van der Waals surface area (Å²) < 4.78 is 0. The molecule has 6 heteroatoms. The highest BCUT2D eigenvalue weighted by molar-refractivity contribution is 5.85. The molecule has 1 amide bonds. The fourth-order valence-electron chi connectivity index (χ4n) is 3.53. The smallest absolute Gasteiger partial charge is 0.244 e. The first-order chi connectivity index (χ1) is 11.7. The van der Waals surface area contributed by atoms with Gasteiger partial charge in [0.15, 0.2) is 5.96 Å². The van der Waals surface area contributed by atoms with Gasteiger partial charge in [-0.05, 0) is 52.5 Å². The second-order valence-corrected chi connectivity index (χ2v) is 6.94. The summed E-state index contributed by atoms with van der Waals surface area (Å²) in [5, 5.41) is 6.59. The Morgan fingerprint density at radius 1 is 1.12 bits per heavy atom. The van der Waals surface area contributed by atoms with Crippen LogP contribution < -0.4 is 10.6 Å². The molecule has 2 rings (SSSR count). The zero-order valence-electron chi connectivity index (χ0n) is 15.5. The van der Waals surface area contributed by atoms with Crippen LogP contribution in [0, 0.1) is 0 Å². The van der Waals surface area contributed by atoms with Crippen molar-refractivity contribution >= 4 is 11.9 Å². The van der Waals surface area contributed by atoms with Gasteiger partial charge in [0.05, 0.1) is 0 Å². The van der Waals surface area contributed by atoms with Crippen molar-refractivity contribution in [3.63, 3.8) is 0 Å². The monoisotopic (exact) mass is 337 g/mol. The highest BCUT2D eigenvalue weighted by atomic mass is 16.2. The number of aliphatic imine (C=N–C) groups is 1. The first-order valence-corrected chi connectivity index (χ1v) is 9.74. The van der Waals surface area contributed by atoms with Gasteiger partial charge in [0.2, 0.25) is 5.91 Å². The van der Waals surface area contributed by atoms with Gasteiger partial charge in [0.25, 0.3) is 0 Å². The van der Waals surface area contributed by atoms with E-state index in [9.17, 15) is 4.79 Å². The van der Waals surface area contributed by atoms with Crippen LogP contribution in [0.2, 0.25) is 0 Å². The maximum Gasteiger partial charge on any atom is 0.244 e.